The van der Waals surface area contributed by atoms with Crippen LogP contribution in [0, 0.1) is 6.92 Å². The highest BCUT2D eigenvalue weighted by Crippen LogP contribution is 2.27. The molecule has 1 aromatic rings. The third-order valence-electron chi connectivity index (χ3n) is 3.03. The van der Waals surface area contributed by atoms with Crippen molar-refractivity contribution in [3.8, 4) is 0 Å². The second-order valence-corrected chi connectivity index (χ2v) is 6.80. The Bertz CT molecular complexity index is 325. The summed E-state index contributed by atoms with van der Waals surface area (Å²) in [5.74, 6) is 0. The van der Waals surface area contributed by atoms with Gasteiger partial charge in [-0.3, -0.25) is 4.90 Å². The molecule has 0 aromatic carbocycles. The van der Waals surface area contributed by atoms with Gasteiger partial charge in [0.15, 0.2) is 0 Å². The van der Waals surface area contributed by atoms with E-state index in [4.69, 9.17) is 0 Å². The van der Waals surface area contributed by atoms with E-state index in [-0.39, 0.29) is 0 Å². The number of likely N-dealkylation sites (N-methyl/N-ethyl adjacent to an activating group) is 1. The van der Waals surface area contributed by atoms with Crippen molar-refractivity contribution in [3.63, 3.8) is 0 Å². The first-order chi connectivity index (χ1) is 7.65. The summed E-state index contributed by atoms with van der Waals surface area (Å²) in [5.41, 5.74) is 0. The highest BCUT2D eigenvalue weighted by atomic mass is 79.9. The number of nitrogens with zero attached hydrogens (tertiary/aromatic N) is 1. The van der Waals surface area contributed by atoms with E-state index in [0.717, 1.165) is 13.1 Å². The summed E-state index contributed by atoms with van der Waals surface area (Å²) in [6.07, 6.45) is 2.67. The van der Waals surface area contributed by atoms with Crippen LogP contribution in [0.25, 0.3) is 0 Å². The molecule has 16 heavy (non-hydrogen) atoms. The van der Waals surface area contributed by atoms with E-state index in [9.17, 15) is 0 Å². The molecule has 1 fully saturated rings. The topological polar surface area (TPSA) is 15.3 Å². The number of hydrogen-bond donors (Lipinski definition) is 1. The van der Waals surface area contributed by atoms with Crippen LogP contribution in [-0.2, 0) is 6.54 Å². The van der Waals surface area contributed by atoms with Crippen molar-refractivity contribution in [2.45, 2.75) is 32.4 Å². The zero-order chi connectivity index (χ0) is 11.5. The van der Waals surface area contributed by atoms with Gasteiger partial charge in [0.05, 0.1) is 0 Å². The second-order valence-electron chi connectivity index (χ2n) is 4.61. The Morgan fingerprint density at radius 1 is 1.62 bits per heavy atom. The highest BCUT2D eigenvalue weighted by molar-refractivity contribution is 9.10. The summed E-state index contributed by atoms with van der Waals surface area (Å²) in [4.78, 5) is 5.24. The van der Waals surface area contributed by atoms with Crippen LogP contribution in [0.15, 0.2) is 10.5 Å². The molecule has 90 valence electrons. The van der Waals surface area contributed by atoms with E-state index in [0.29, 0.717) is 6.04 Å². The molecular formula is C12H19BrN2S. The van der Waals surface area contributed by atoms with Crippen molar-refractivity contribution in [3.05, 3.63) is 20.3 Å². The molecule has 2 nitrogen and oxygen atoms in total. The molecule has 0 spiro atoms. The van der Waals surface area contributed by atoms with Crippen LogP contribution in [0.4, 0.5) is 0 Å². The SMILES string of the molecule is Cc1sc(CN(C)CC2CCCN2)cc1Br. The van der Waals surface area contributed by atoms with Crippen LogP contribution >= 0.6 is 27.3 Å². The van der Waals surface area contributed by atoms with Gasteiger partial charge in [-0.05, 0) is 55.4 Å². The Balaban J connectivity index is 1.84. The number of aryl methyl sites for hydroxylation is 1. The molecule has 1 N–H and O–H groups in total. The monoisotopic (exact) mass is 302 g/mol. The molecule has 0 bridgehead atoms. The first kappa shape index (κ1) is 12.6. The largest absolute Gasteiger partial charge is 0.313 e. The summed E-state index contributed by atoms with van der Waals surface area (Å²) >= 11 is 5.47. The Hall–Kier alpha value is 0.100. The molecule has 0 aliphatic carbocycles. The summed E-state index contributed by atoms with van der Waals surface area (Å²) in [7, 11) is 2.21. The number of halogens is 1. The third kappa shape index (κ3) is 3.29. The van der Waals surface area contributed by atoms with Crippen molar-refractivity contribution in [1.82, 2.24) is 10.2 Å². The standard InChI is InChI=1S/C12H19BrN2S/c1-9-12(13)6-11(16-9)8-15(2)7-10-4-3-5-14-10/h6,10,14H,3-5,7-8H2,1-2H3. The van der Waals surface area contributed by atoms with Crippen molar-refractivity contribution in [2.24, 2.45) is 0 Å². The Labute approximate surface area is 110 Å². The van der Waals surface area contributed by atoms with E-state index in [1.54, 1.807) is 0 Å². The van der Waals surface area contributed by atoms with Crippen LogP contribution in [0.3, 0.4) is 0 Å². The molecule has 1 saturated heterocycles. The lowest BCUT2D eigenvalue weighted by Crippen LogP contribution is -2.34. The Kier molecular flexibility index (Phi) is 4.41. The van der Waals surface area contributed by atoms with Crippen molar-refractivity contribution < 1.29 is 0 Å². The molecule has 0 radical (unpaired) electrons. The normalized spacial score (nSPS) is 20.9. The first-order valence-corrected chi connectivity index (χ1v) is 7.43. The maximum Gasteiger partial charge on any atom is 0.0326 e. The summed E-state index contributed by atoms with van der Waals surface area (Å²) in [5, 5.41) is 3.54. The molecule has 1 aromatic heterocycles. The number of thiophene rings is 1. The second kappa shape index (κ2) is 5.63. The van der Waals surface area contributed by atoms with Gasteiger partial charge in [0.1, 0.15) is 0 Å². The van der Waals surface area contributed by atoms with Crippen molar-refractivity contribution in [1.29, 1.82) is 0 Å². The Morgan fingerprint density at radius 2 is 2.44 bits per heavy atom. The predicted molar refractivity (Wildman–Crippen MR) is 74.1 cm³/mol. The first-order valence-electron chi connectivity index (χ1n) is 5.82. The van der Waals surface area contributed by atoms with Crippen LogP contribution in [-0.4, -0.2) is 31.1 Å². The van der Waals surface area contributed by atoms with E-state index >= 15 is 0 Å². The quantitative estimate of drug-likeness (QED) is 0.920. The van der Waals surface area contributed by atoms with Gasteiger partial charge in [-0.25, -0.2) is 0 Å². The van der Waals surface area contributed by atoms with Gasteiger partial charge >= 0.3 is 0 Å². The van der Waals surface area contributed by atoms with E-state index in [1.165, 1.54) is 33.6 Å². The molecule has 4 heteroatoms. The van der Waals surface area contributed by atoms with Gasteiger partial charge in [-0.1, -0.05) is 0 Å². The van der Waals surface area contributed by atoms with E-state index in [1.807, 2.05) is 11.3 Å². The fraction of sp³-hybridized carbons (Fsp3) is 0.667. The summed E-state index contributed by atoms with van der Waals surface area (Å²) in [6.45, 7) is 5.59. The number of hydrogen-bond acceptors (Lipinski definition) is 3. The average molecular weight is 303 g/mol. The van der Waals surface area contributed by atoms with Gasteiger partial charge in [0.25, 0.3) is 0 Å². The molecule has 2 heterocycles. The molecule has 1 atom stereocenters. The lowest BCUT2D eigenvalue weighted by molar-refractivity contribution is 0.295. The maximum atomic E-state index is 3.57. The van der Waals surface area contributed by atoms with Crippen molar-refractivity contribution in [2.75, 3.05) is 20.1 Å². The molecule has 1 aliphatic rings. The van der Waals surface area contributed by atoms with Crippen LogP contribution in [0.2, 0.25) is 0 Å². The average Bonchev–Trinajstić information content (AvgIpc) is 2.78. The van der Waals surface area contributed by atoms with Gasteiger partial charge in [0.2, 0.25) is 0 Å². The highest BCUT2D eigenvalue weighted by Gasteiger charge is 2.16. The maximum absolute atomic E-state index is 3.57. The zero-order valence-electron chi connectivity index (χ0n) is 9.92. The van der Waals surface area contributed by atoms with Crippen LogP contribution < -0.4 is 5.32 Å². The number of rotatable bonds is 4. The molecule has 2 rings (SSSR count). The van der Waals surface area contributed by atoms with Gasteiger partial charge in [-0.15, -0.1) is 11.3 Å². The fourth-order valence-electron chi connectivity index (χ4n) is 2.22. The fourth-order valence-corrected chi connectivity index (χ4v) is 3.90. The lowest BCUT2D eigenvalue weighted by Gasteiger charge is -2.20. The lowest BCUT2D eigenvalue weighted by atomic mass is 10.2. The predicted octanol–water partition coefficient (Wildman–Crippen LogP) is 3.00. The molecule has 1 aliphatic heterocycles. The minimum Gasteiger partial charge on any atom is -0.313 e. The molecule has 1 unspecified atom stereocenters. The van der Waals surface area contributed by atoms with Crippen LogP contribution in [0.1, 0.15) is 22.6 Å². The molecule has 0 saturated carbocycles. The number of nitrogens with one attached hydrogen (secondary N) is 1. The Morgan fingerprint density at radius 3 is 3.00 bits per heavy atom. The van der Waals surface area contributed by atoms with Gasteiger partial charge in [-0.2, -0.15) is 0 Å². The minimum atomic E-state index is 0.703. The summed E-state index contributed by atoms with van der Waals surface area (Å²) < 4.78 is 1.25. The minimum absolute atomic E-state index is 0.703. The zero-order valence-corrected chi connectivity index (χ0v) is 12.3. The van der Waals surface area contributed by atoms with E-state index in [2.05, 4.69) is 46.2 Å². The third-order valence-corrected chi connectivity index (χ3v) is 5.15. The van der Waals surface area contributed by atoms with Crippen molar-refractivity contribution >= 4 is 27.3 Å². The van der Waals surface area contributed by atoms with Crippen LogP contribution in [0.5, 0.6) is 0 Å². The van der Waals surface area contributed by atoms with Gasteiger partial charge < -0.3 is 5.32 Å². The smallest absolute Gasteiger partial charge is 0.0326 e. The molecule has 0 amide bonds. The summed E-state index contributed by atoms with van der Waals surface area (Å²) in [6, 6.07) is 2.95. The van der Waals surface area contributed by atoms with Gasteiger partial charge in [0, 0.05) is 33.4 Å². The van der Waals surface area contributed by atoms with E-state index < -0.39 is 0 Å². The molecular weight excluding hydrogens is 284 g/mol.